The number of halogens is 1. The van der Waals surface area contributed by atoms with E-state index in [0.717, 1.165) is 30.4 Å². The van der Waals surface area contributed by atoms with Crippen molar-refractivity contribution in [2.75, 3.05) is 19.5 Å². The van der Waals surface area contributed by atoms with Crippen LogP contribution in [0.2, 0.25) is 0 Å². The molecule has 0 aromatic heterocycles. The lowest BCUT2D eigenvalue weighted by Gasteiger charge is -2.05. The molecule has 17 heavy (non-hydrogen) atoms. The Morgan fingerprint density at radius 3 is 2.76 bits per heavy atom. The number of ether oxygens (including phenoxy) is 1. The van der Waals surface area contributed by atoms with Crippen LogP contribution in [-0.4, -0.2) is 36.6 Å². The summed E-state index contributed by atoms with van der Waals surface area (Å²) in [4.78, 5) is 0. The van der Waals surface area contributed by atoms with Crippen LogP contribution in [0.3, 0.4) is 0 Å². The van der Waals surface area contributed by atoms with Crippen LogP contribution in [0, 0.1) is 5.82 Å². The molecule has 0 aliphatic heterocycles. The zero-order valence-electron chi connectivity index (χ0n) is 9.73. The SMILES string of the molecule is COCCCSCc1cc(F)cc(B(O)O)c1. The van der Waals surface area contributed by atoms with Gasteiger partial charge in [0.05, 0.1) is 0 Å². The molecule has 0 unspecified atom stereocenters. The maximum Gasteiger partial charge on any atom is 0.488 e. The Kier molecular flexibility index (Phi) is 6.58. The highest BCUT2D eigenvalue weighted by atomic mass is 32.2. The van der Waals surface area contributed by atoms with E-state index in [2.05, 4.69) is 0 Å². The van der Waals surface area contributed by atoms with Crippen LogP contribution < -0.4 is 5.46 Å². The Balaban J connectivity index is 2.47. The second kappa shape index (κ2) is 7.71. The number of hydrogen-bond acceptors (Lipinski definition) is 4. The second-order valence-electron chi connectivity index (χ2n) is 3.67. The van der Waals surface area contributed by atoms with Crippen LogP contribution in [-0.2, 0) is 10.5 Å². The van der Waals surface area contributed by atoms with Crippen molar-refractivity contribution in [1.82, 2.24) is 0 Å². The van der Waals surface area contributed by atoms with E-state index in [0.29, 0.717) is 5.75 Å². The highest BCUT2D eigenvalue weighted by molar-refractivity contribution is 7.98. The molecule has 0 heterocycles. The fraction of sp³-hybridized carbons (Fsp3) is 0.455. The van der Waals surface area contributed by atoms with Gasteiger partial charge in [-0.05, 0) is 35.3 Å². The van der Waals surface area contributed by atoms with Gasteiger partial charge in [-0.1, -0.05) is 6.07 Å². The molecule has 1 rings (SSSR count). The highest BCUT2D eigenvalue weighted by Gasteiger charge is 2.12. The first-order chi connectivity index (χ1) is 8.13. The maximum absolute atomic E-state index is 13.2. The lowest BCUT2D eigenvalue weighted by atomic mass is 9.79. The molecule has 1 aromatic rings. The molecule has 94 valence electrons. The molecule has 0 atom stereocenters. The van der Waals surface area contributed by atoms with Gasteiger partial charge in [0.25, 0.3) is 0 Å². The Labute approximate surface area is 105 Å². The molecule has 3 nitrogen and oxygen atoms in total. The fourth-order valence-electron chi connectivity index (χ4n) is 1.40. The molecule has 2 N–H and O–H groups in total. The summed E-state index contributed by atoms with van der Waals surface area (Å²) >= 11 is 1.67. The van der Waals surface area contributed by atoms with E-state index in [4.69, 9.17) is 14.8 Å². The van der Waals surface area contributed by atoms with Crippen LogP contribution in [0.5, 0.6) is 0 Å². The number of benzene rings is 1. The van der Waals surface area contributed by atoms with Gasteiger partial charge in [0.2, 0.25) is 0 Å². The molecular formula is C11H16BFO3S. The quantitative estimate of drug-likeness (QED) is 0.560. The van der Waals surface area contributed by atoms with Gasteiger partial charge in [-0.3, -0.25) is 0 Å². The zero-order valence-corrected chi connectivity index (χ0v) is 10.5. The molecule has 0 saturated heterocycles. The highest BCUT2D eigenvalue weighted by Crippen LogP contribution is 2.13. The van der Waals surface area contributed by atoms with Crippen molar-refractivity contribution in [1.29, 1.82) is 0 Å². The average Bonchev–Trinajstić information content (AvgIpc) is 2.28. The van der Waals surface area contributed by atoms with Gasteiger partial charge >= 0.3 is 7.12 Å². The van der Waals surface area contributed by atoms with Crippen LogP contribution in [0.4, 0.5) is 4.39 Å². The van der Waals surface area contributed by atoms with Gasteiger partial charge in [0, 0.05) is 19.5 Å². The van der Waals surface area contributed by atoms with Crippen molar-refractivity contribution >= 4 is 24.3 Å². The van der Waals surface area contributed by atoms with Gasteiger partial charge in [-0.15, -0.1) is 0 Å². The maximum atomic E-state index is 13.2. The first kappa shape index (κ1) is 14.5. The number of hydrogen-bond donors (Lipinski definition) is 2. The lowest BCUT2D eigenvalue weighted by Crippen LogP contribution is -2.30. The van der Waals surface area contributed by atoms with E-state index in [-0.39, 0.29) is 5.46 Å². The summed E-state index contributed by atoms with van der Waals surface area (Å²) in [5.41, 5.74) is 0.952. The molecule has 0 amide bonds. The summed E-state index contributed by atoms with van der Waals surface area (Å²) in [6.07, 6.45) is 0.950. The van der Waals surface area contributed by atoms with Gasteiger partial charge in [-0.25, -0.2) is 4.39 Å². The third-order valence-electron chi connectivity index (χ3n) is 2.18. The van der Waals surface area contributed by atoms with Crippen molar-refractivity contribution < 1.29 is 19.2 Å². The van der Waals surface area contributed by atoms with Gasteiger partial charge < -0.3 is 14.8 Å². The Bertz CT molecular complexity index is 349. The van der Waals surface area contributed by atoms with Crippen molar-refractivity contribution in [3.8, 4) is 0 Å². The molecule has 0 spiro atoms. The predicted molar refractivity (Wildman–Crippen MR) is 68.9 cm³/mol. The summed E-state index contributed by atoms with van der Waals surface area (Å²) in [5.74, 6) is 1.14. The summed E-state index contributed by atoms with van der Waals surface area (Å²) in [7, 11) is 0.0366. The summed E-state index contributed by atoms with van der Waals surface area (Å²) in [6, 6.07) is 4.15. The molecule has 0 bridgehead atoms. The largest absolute Gasteiger partial charge is 0.488 e. The normalized spacial score (nSPS) is 10.6. The number of thioether (sulfide) groups is 1. The van der Waals surface area contributed by atoms with Crippen molar-refractivity contribution in [2.24, 2.45) is 0 Å². The summed E-state index contributed by atoms with van der Waals surface area (Å²) in [6.45, 7) is 0.719. The molecule has 0 saturated carbocycles. The predicted octanol–water partition coefficient (Wildman–Crippen LogP) is 0.775. The van der Waals surface area contributed by atoms with Gasteiger partial charge in [-0.2, -0.15) is 11.8 Å². The minimum Gasteiger partial charge on any atom is -0.423 e. The second-order valence-corrected chi connectivity index (χ2v) is 4.77. The van der Waals surface area contributed by atoms with E-state index in [1.807, 2.05) is 0 Å². The molecule has 0 radical (unpaired) electrons. The fourth-order valence-corrected chi connectivity index (χ4v) is 2.27. The average molecular weight is 258 g/mol. The van der Waals surface area contributed by atoms with E-state index in [1.165, 1.54) is 6.07 Å². The smallest absolute Gasteiger partial charge is 0.423 e. The van der Waals surface area contributed by atoms with E-state index in [9.17, 15) is 4.39 Å². The zero-order chi connectivity index (χ0) is 12.7. The van der Waals surface area contributed by atoms with E-state index < -0.39 is 12.9 Å². The Hall–Kier alpha value is -0.555. The first-order valence-electron chi connectivity index (χ1n) is 5.35. The van der Waals surface area contributed by atoms with Crippen LogP contribution >= 0.6 is 11.8 Å². The van der Waals surface area contributed by atoms with Gasteiger partial charge in [0.15, 0.2) is 0 Å². The number of rotatable bonds is 7. The third kappa shape index (κ3) is 5.54. The van der Waals surface area contributed by atoms with Crippen LogP contribution in [0.15, 0.2) is 18.2 Å². The molecular weight excluding hydrogens is 242 g/mol. The minimum absolute atomic E-state index is 0.192. The summed E-state index contributed by atoms with van der Waals surface area (Å²) < 4.78 is 18.1. The Morgan fingerprint density at radius 1 is 1.35 bits per heavy atom. The van der Waals surface area contributed by atoms with Crippen molar-refractivity contribution in [3.63, 3.8) is 0 Å². The summed E-state index contributed by atoms with van der Waals surface area (Å²) in [5, 5.41) is 18.0. The molecule has 0 aliphatic carbocycles. The van der Waals surface area contributed by atoms with Gasteiger partial charge in [0.1, 0.15) is 5.82 Å². The Morgan fingerprint density at radius 2 is 2.12 bits per heavy atom. The monoisotopic (exact) mass is 258 g/mol. The molecule has 0 fully saturated rings. The van der Waals surface area contributed by atoms with E-state index >= 15 is 0 Å². The lowest BCUT2D eigenvalue weighted by molar-refractivity contribution is 0.200. The van der Waals surface area contributed by atoms with E-state index in [1.54, 1.807) is 24.9 Å². The van der Waals surface area contributed by atoms with Crippen LogP contribution in [0.25, 0.3) is 0 Å². The molecule has 6 heteroatoms. The van der Waals surface area contributed by atoms with Crippen molar-refractivity contribution in [2.45, 2.75) is 12.2 Å². The topological polar surface area (TPSA) is 49.7 Å². The standard InChI is InChI=1S/C11H16BFO3S/c1-16-3-2-4-17-8-9-5-10(12(14)15)7-11(13)6-9/h5-7,14-15H,2-4,8H2,1H3. The number of methoxy groups -OCH3 is 1. The minimum atomic E-state index is -1.62. The molecule has 0 aliphatic rings. The van der Waals surface area contributed by atoms with Crippen molar-refractivity contribution in [3.05, 3.63) is 29.6 Å². The first-order valence-corrected chi connectivity index (χ1v) is 6.51. The third-order valence-corrected chi connectivity index (χ3v) is 3.30. The van der Waals surface area contributed by atoms with Crippen LogP contribution in [0.1, 0.15) is 12.0 Å². The molecule has 1 aromatic carbocycles.